The minimum atomic E-state index is -0.293. The number of hydrogen-bond donors (Lipinski definition) is 1. The van der Waals surface area contributed by atoms with Crippen molar-refractivity contribution in [1.82, 2.24) is 0 Å². The maximum atomic E-state index is 12.5. The van der Waals surface area contributed by atoms with Crippen LogP contribution < -0.4 is 4.74 Å². The fourth-order valence-electron chi connectivity index (χ4n) is 0.768. The molecule has 0 radical (unpaired) electrons. The zero-order chi connectivity index (χ0) is 8.27. The van der Waals surface area contributed by atoms with E-state index in [9.17, 15) is 4.39 Å². The van der Waals surface area contributed by atoms with Crippen molar-refractivity contribution in [3.05, 3.63) is 24.0 Å². The Hall–Kier alpha value is -0.700. The van der Waals surface area contributed by atoms with Gasteiger partial charge in [-0.1, -0.05) is 0 Å². The first kappa shape index (κ1) is 8.40. The summed E-state index contributed by atoms with van der Waals surface area (Å²) in [5.74, 6) is 0.329. The van der Waals surface area contributed by atoms with E-state index in [2.05, 4.69) is 12.6 Å². The topological polar surface area (TPSA) is 9.23 Å². The lowest BCUT2D eigenvalue weighted by molar-refractivity contribution is 0.331. The predicted octanol–water partition coefficient (Wildman–Crippen LogP) is 2.51. The van der Waals surface area contributed by atoms with Crippen LogP contribution in [-0.4, -0.2) is 6.61 Å². The summed E-state index contributed by atoms with van der Waals surface area (Å²) in [5.41, 5.74) is 0. The first-order chi connectivity index (χ1) is 5.24. The highest BCUT2D eigenvalue weighted by Gasteiger charge is 1.99. The quantitative estimate of drug-likeness (QED) is 0.674. The molecule has 0 atom stereocenters. The molecule has 0 aliphatic carbocycles. The van der Waals surface area contributed by atoms with E-state index in [1.165, 1.54) is 12.1 Å². The third kappa shape index (κ3) is 2.12. The molecule has 0 bridgehead atoms. The molecule has 0 amide bonds. The van der Waals surface area contributed by atoms with Gasteiger partial charge in [-0.05, 0) is 25.1 Å². The van der Waals surface area contributed by atoms with E-state index in [4.69, 9.17) is 4.74 Å². The average molecular weight is 172 g/mol. The SMILES string of the molecule is CCOc1ccc(F)cc1S. The van der Waals surface area contributed by atoms with Gasteiger partial charge in [-0.15, -0.1) is 12.6 Å². The summed E-state index contributed by atoms with van der Waals surface area (Å²) in [6.07, 6.45) is 0. The van der Waals surface area contributed by atoms with Crippen LogP contribution in [0.3, 0.4) is 0 Å². The normalized spacial score (nSPS) is 9.73. The van der Waals surface area contributed by atoms with Gasteiger partial charge in [0.25, 0.3) is 0 Å². The molecule has 0 unspecified atom stereocenters. The fraction of sp³-hybridized carbons (Fsp3) is 0.250. The van der Waals surface area contributed by atoms with E-state index in [1.807, 2.05) is 6.92 Å². The van der Waals surface area contributed by atoms with Crippen molar-refractivity contribution in [1.29, 1.82) is 0 Å². The second-order valence-electron chi connectivity index (χ2n) is 2.05. The molecule has 0 aliphatic heterocycles. The van der Waals surface area contributed by atoms with Crippen LogP contribution in [-0.2, 0) is 0 Å². The molecule has 1 aromatic carbocycles. The van der Waals surface area contributed by atoms with E-state index < -0.39 is 0 Å². The lowest BCUT2D eigenvalue weighted by atomic mass is 10.3. The second-order valence-corrected chi connectivity index (χ2v) is 2.53. The van der Waals surface area contributed by atoms with Gasteiger partial charge >= 0.3 is 0 Å². The van der Waals surface area contributed by atoms with Crippen molar-refractivity contribution in [3.63, 3.8) is 0 Å². The number of thiol groups is 1. The van der Waals surface area contributed by atoms with Gasteiger partial charge in [0, 0.05) is 4.90 Å². The Morgan fingerprint density at radius 1 is 1.55 bits per heavy atom. The van der Waals surface area contributed by atoms with E-state index in [0.29, 0.717) is 17.3 Å². The van der Waals surface area contributed by atoms with Gasteiger partial charge in [0.05, 0.1) is 6.61 Å². The van der Waals surface area contributed by atoms with Gasteiger partial charge in [-0.25, -0.2) is 4.39 Å². The zero-order valence-corrected chi connectivity index (χ0v) is 7.07. The molecule has 0 N–H and O–H groups in total. The van der Waals surface area contributed by atoms with Gasteiger partial charge in [-0.2, -0.15) is 0 Å². The van der Waals surface area contributed by atoms with Gasteiger partial charge in [0.15, 0.2) is 0 Å². The first-order valence-corrected chi connectivity index (χ1v) is 3.80. The van der Waals surface area contributed by atoms with Gasteiger partial charge in [0.1, 0.15) is 11.6 Å². The van der Waals surface area contributed by atoms with Crippen LogP contribution in [0.4, 0.5) is 4.39 Å². The van der Waals surface area contributed by atoms with Crippen LogP contribution in [0, 0.1) is 5.82 Å². The fourth-order valence-corrected chi connectivity index (χ4v) is 1.03. The lowest BCUT2D eigenvalue weighted by Gasteiger charge is -2.04. The van der Waals surface area contributed by atoms with E-state index in [0.717, 1.165) is 0 Å². The molecule has 1 aromatic rings. The van der Waals surface area contributed by atoms with E-state index >= 15 is 0 Å². The molecule has 0 saturated carbocycles. The minimum absolute atomic E-state index is 0.293. The van der Waals surface area contributed by atoms with Crippen molar-refractivity contribution < 1.29 is 9.13 Å². The Morgan fingerprint density at radius 3 is 2.82 bits per heavy atom. The molecule has 0 aromatic heterocycles. The number of rotatable bonds is 2. The molecule has 1 rings (SSSR count). The zero-order valence-electron chi connectivity index (χ0n) is 6.17. The molecule has 0 saturated heterocycles. The van der Waals surface area contributed by atoms with Crippen LogP contribution >= 0.6 is 12.6 Å². The van der Waals surface area contributed by atoms with Gasteiger partial charge < -0.3 is 4.74 Å². The van der Waals surface area contributed by atoms with Gasteiger partial charge in [-0.3, -0.25) is 0 Å². The summed E-state index contributed by atoms with van der Waals surface area (Å²) in [6.45, 7) is 2.44. The molecule has 0 aliphatic rings. The highest BCUT2D eigenvalue weighted by molar-refractivity contribution is 7.80. The molecule has 1 nitrogen and oxygen atoms in total. The molecule has 3 heteroatoms. The van der Waals surface area contributed by atoms with Crippen molar-refractivity contribution >= 4 is 12.6 Å². The Morgan fingerprint density at radius 2 is 2.27 bits per heavy atom. The third-order valence-electron chi connectivity index (χ3n) is 1.22. The summed E-state index contributed by atoms with van der Waals surface area (Å²) in [4.78, 5) is 0.534. The summed E-state index contributed by atoms with van der Waals surface area (Å²) < 4.78 is 17.6. The molecule has 60 valence electrons. The first-order valence-electron chi connectivity index (χ1n) is 3.35. The highest BCUT2D eigenvalue weighted by Crippen LogP contribution is 2.22. The van der Waals surface area contributed by atoms with E-state index in [-0.39, 0.29) is 5.82 Å². The van der Waals surface area contributed by atoms with Crippen LogP contribution in [0.5, 0.6) is 5.75 Å². The molecule has 0 heterocycles. The van der Waals surface area contributed by atoms with Gasteiger partial charge in [0.2, 0.25) is 0 Å². The Bertz CT molecular complexity index is 250. The summed E-state index contributed by atoms with van der Waals surface area (Å²) in [5, 5.41) is 0. The predicted molar refractivity (Wildman–Crippen MR) is 44.8 cm³/mol. The lowest BCUT2D eigenvalue weighted by Crippen LogP contribution is -1.92. The maximum Gasteiger partial charge on any atom is 0.132 e. The van der Waals surface area contributed by atoms with Crippen molar-refractivity contribution in [2.75, 3.05) is 6.61 Å². The molecular formula is C8H9FOS. The number of ether oxygens (including phenoxy) is 1. The maximum absolute atomic E-state index is 12.5. The minimum Gasteiger partial charge on any atom is -0.493 e. The van der Waals surface area contributed by atoms with Crippen molar-refractivity contribution in [2.24, 2.45) is 0 Å². The summed E-state index contributed by atoms with van der Waals surface area (Å²) in [6, 6.07) is 4.25. The molecule has 0 fully saturated rings. The van der Waals surface area contributed by atoms with Crippen LogP contribution in [0.15, 0.2) is 23.1 Å². The summed E-state index contributed by atoms with van der Waals surface area (Å²) >= 11 is 4.04. The molecule has 11 heavy (non-hydrogen) atoms. The summed E-state index contributed by atoms with van der Waals surface area (Å²) in [7, 11) is 0. The monoisotopic (exact) mass is 172 g/mol. The Balaban J connectivity index is 2.90. The number of halogens is 1. The second kappa shape index (κ2) is 3.62. The average Bonchev–Trinajstić information content (AvgIpc) is 1.95. The van der Waals surface area contributed by atoms with Crippen LogP contribution in [0.25, 0.3) is 0 Å². The number of hydrogen-bond acceptors (Lipinski definition) is 2. The molecule has 0 spiro atoms. The Kier molecular flexibility index (Phi) is 2.76. The number of benzene rings is 1. The smallest absolute Gasteiger partial charge is 0.132 e. The van der Waals surface area contributed by atoms with Crippen LogP contribution in [0.2, 0.25) is 0 Å². The van der Waals surface area contributed by atoms with Crippen LogP contribution in [0.1, 0.15) is 6.92 Å². The van der Waals surface area contributed by atoms with Crippen molar-refractivity contribution in [2.45, 2.75) is 11.8 Å². The third-order valence-corrected chi connectivity index (χ3v) is 1.57. The standard InChI is InChI=1S/C8H9FOS/c1-2-10-7-4-3-6(9)5-8(7)11/h3-5,11H,2H2,1H3. The molecular weight excluding hydrogens is 163 g/mol. The van der Waals surface area contributed by atoms with Crippen molar-refractivity contribution in [3.8, 4) is 5.75 Å². The Labute approximate surface area is 70.6 Å². The largest absolute Gasteiger partial charge is 0.493 e. The highest BCUT2D eigenvalue weighted by atomic mass is 32.1. The van der Waals surface area contributed by atoms with E-state index in [1.54, 1.807) is 6.07 Å².